The summed E-state index contributed by atoms with van der Waals surface area (Å²) in [5.74, 6) is 0.566. The van der Waals surface area contributed by atoms with Crippen molar-refractivity contribution in [2.45, 2.75) is 18.9 Å². The summed E-state index contributed by atoms with van der Waals surface area (Å²) in [6.07, 6.45) is 5.39. The van der Waals surface area contributed by atoms with Crippen molar-refractivity contribution >= 4 is 16.9 Å². The molecule has 1 aliphatic carbocycles. The van der Waals surface area contributed by atoms with Gasteiger partial charge in [-0.25, -0.2) is 0 Å². The first-order valence-corrected chi connectivity index (χ1v) is 6.34. The molecule has 1 aromatic carbocycles. The molecule has 0 aliphatic heterocycles. The van der Waals surface area contributed by atoms with Gasteiger partial charge in [0, 0.05) is 11.6 Å². The number of hydrogen-bond donors (Lipinski definition) is 1. The Morgan fingerprint density at radius 1 is 1.53 bits per heavy atom. The van der Waals surface area contributed by atoms with E-state index in [1.807, 2.05) is 6.07 Å². The van der Waals surface area contributed by atoms with Gasteiger partial charge in [0.15, 0.2) is 0 Å². The van der Waals surface area contributed by atoms with E-state index in [0.717, 1.165) is 18.2 Å². The van der Waals surface area contributed by atoms with Gasteiger partial charge in [0.1, 0.15) is 17.9 Å². The molecule has 0 bridgehead atoms. The molecular formula is C15H15NO3. The molecule has 1 aromatic heterocycles. The molecule has 1 amide bonds. The van der Waals surface area contributed by atoms with Crippen LogP contribution in [0.1, 0.15) is 23.2 Å². The lowest BCUT2D eigenvalue weighted by molar-refractivity contribution is 0.0950. The maximum absolute atomic E-state index is 12.1. The number of amides is 1. The minimum absolute atomic E-state index is 0.0794. The van der Waals surface area contributed by atoms with Gasteiger partial charge in [0.25, 0.3) is 5.91 Å². The number of furan rings is 1. The van der Waals surface area contributed by atoms with Crippen LogP contribution in [0.25, 0.3) is 11.0 Å². The van der Waals surface area contributed by atoms with Crippen molar-refractivity contribution < 1.29 is 13.9 Å². The number of carbonyl (C=O) groups excluding carboxylic acids is 1. The van der Waals surface area contributed by atoms with Crippen molar-refractivity contribution in [1.82, 2.24) is 5.32 Å². The molecule has 1 aliphatic rings. The predicted octanol–water partition coefficient (Wildman–Crippen LogP) is 2.89. The summed E-state index contributed by atoms with van der Waals surface area (Å²) in [4.78, 5) is 12.1. The molecule has 1 N–H and O–H groups in total. The normalized spacial score (nSPS) is 14.3. The first kappa shape index (κ1) is 11.8. The Morgan fingerprint density at radius 3 is 3.11 bits per heavy atom. The second-order valence-corrected chi connectivity index (χ2v) is 4.65. The molecule has 1 fully saturated rings. The number of ether oxygens (including phenoxy) is 1. The molecule has 0 unspecified atom stereocenters. The average Bonchev–Trinajstić information content (AvgIpc) is 3.09. The molecule has 3 rings (SSSR count). The highest BCUT2D eigenvalue weighted by molar-refractivity contribution is 5.99. The molecule has 0 radical (unpaired) electrons. The van der Waals surface area contributed by atoms with Gasteiger partial charge in [-0.15, -0.1) is 0 Å². The largest absolute Gasteiger partial charge is 0.489 e. The Hall–Kier alpha value is -2.23. The highest BCUT2D eigenvalue weighted by atomic mass is 16.5. The lowest BCUT2D eigenvalue weighted by Gasteiger charge is -2.08. The fraction of sp³-hybridized carbons (Fsp3) is 0.267. The maximum Gasteiger partial charge on any atom is 0.251 e. The second kappa shape index (κ2) is 4.80. The van der Waals surface area contributed by atoms with Crippen LogP contribution < -0.4 is 10.1 Å². The number of fused-ring (bicyclic) bond motifs is 1. The third kappa shape index (κ3) is 2.47. The lowest BCUT2D eigenvalue weighted by Crippen LogP contribution is -2.25. The highest BCUT2D eigenvalue weighted by Gasteiger charge is 2.24. The van der Waals surface area contributed by atoms with Crippen LogP contribution in [0.5, 0.6) is 5.75 Å². The zero-order chi connectivity index (χ0) is 13.2. The highest BCUT2D eigenvalue weighted by Crippen LogP contribution is 2.29. The number of nitrogens with one attached hydrogen (secondary N) is 1. The zero-order valence-corrected chi connectivity index (χ0v) is 10.5. The summed E-state index contributed by atoms with van der Waals surface area (Å²) in [6.45, 7) is 4.02. The SMILES string of the molecule is C=CCOc1cc(C(=O)NC2CC2)cc2occc12. The van der Waals surface area contributed by atoms with Crippen LogP contribution in [0.3, 0.4) is 0 Å². The molecule has 0 atom stereocenters. The van der Waals surface area contributed by atoms with Crippen LogP contribution in [-0.2, 0) is 0 Å². The van der Waals surface area contributed by atoms with E-state index < -0.39 is 0 Å². The first-order chi connectivity index (χ1) is 9.28. The van der Waals surface area contributed by atoms with Gasteiger partial charge >= 0.3 is 0 Å². The van der Waals surface area contributed by atoms with Crippen molar-refractivity contribution in [3.8, 4) is 5.75 Å². The molecule has 2 aromatic rings. The smallest absolute Gasteiger partial charge is 0.251 e. The Morgan fingerprint density at radius 2 is 2.37 bits per heavy atom. The van der Waals surface area contributed by atoms with Gasteiger partial charge in [0.05, 0.1) is 11.6 Å². The van der Waals surface area contributed by atoms with Crippen molar-refractivity contribution in [3.63, 3.8) is 0 Å². The van der Waals surface area contributed by atoms with Gasteiger partial charge in [-0.1, -0.05) is 12.7 Å². The molecule has 1 heterocycles. The van der Waals surface area contributed by atoms with Crippen LogP contribution in [-0.4, -0.2) is 18.6 Å². The van der Waals surface area contributed by atoms with Gasteiger partial charge in [-0.3, -0.25) is 4.79 Å². The van der Waals surface area contributed by atoms with Crippen molar-refractivity contribution in [2.24, 2.45) is 0 Å². The van der Waals surface area contributed by atoms with Crippen LogP contribution in [0.4, 0.5) is 0 Å². The van der Waals surface area contributed by atoms with Crippen LogP contribution >= 0.6 is 0 Å². The summed E-state index contributed by atoms with van der Waals surface area (Å²) in [7, 11) is 0. The molecule has 4 nitrogen and oxygen atoms in total. The van der Waals surface area contributed by atoms with Crippen molar-refractivity contribution in [2.75, 3.05) is 6.61 Å². The number of carbonyl (C=O) groups is 1. The van der Waals surface area contributed by atoms with E-state index in [2.05, 4.69) is 11.9 Å². The topological polar surface area (TPSA) is 51.5 Å². The lowest BCUT2D eigenvalue weighted by atomic mass is 10.1. The van der Waals surface area contributed by atoms with Crippen LogP contribution in [0.15, 0.2) is 41.5 Å². The molecule has 0 spiro atoms. The van der Waals surface area contributed by atoms with Crippen LogP contribution in [0.2, 0.25) is 0 Å². The minimum Gasteiger partial charge on any atom is -0.489 e. The third-order valence-electron chi connectivity index (χ3n) is 3.07. The third-order valence-corrected chi connectivity index (χ3v) is 3.07. The fourth-order valence-electron chi connectivity index (χ4n) is 1.93. The number of benzene rings is 1. The predicted molar refractivity (Wildman–Crippen MR) is 72.4 cm³/mol. The quantitative estimate of drug-likeness (QED) is 0.838. The van der Waals surface area contributed by atoms with E-state index in [-0.39, 0.29) is 5.91 Å². The Balaban J connectivity index is 1.94. The van der Waals surface area contributed by atoms with Gasteiger partial charge < -0.3 is 14.5 Å². The zero-order valence-electron chi connectivity index (χ0n) is 10.5. The summed E-state index contributed by atoms with van der Waals surface area (Å²) < 4.78 is 10.9. The summed E-state index contributed by atoms with van der Waals surface area (Å²) in [6, 6.07) is 5.65. The first-order valence-electron chi connectivity index (χ1n) is 6.34. The second-order valence-electron chi connectivity index (χ2n) is 4.65. The maximum atomic E-state index is 12.1. The Kier molecular flexibility index (Phi) is 2.99. The molecule has 98 valence electrons. The van der Waals surface area contributed by atoms with Gasteiger partial charge in [-0.05, 0) is 31.0 Å². The van der Waals surface area contributed by atoms with Crippen molar-refractivity contribution in [3.05, 3.63) is 42.7 Å². The Bertz CT molecular complexity index is 625. The molecule has 0 saturated heterocycles. The van der Waals surface area contributed by atoms with E-state index in [1.54, 1.807) is 24.5 Å². The van der Waals surface area contributed by atoms with Crippen molar-refractivity contribution in [1.29, 1.82) is 0 Å². The number of rotatable bonds is 5. The molecule has 4 heteroatoms. The standard InChI is InChI=1S/C15H15NO3/c1-2-6-18-13-8-10(15(17)16-11-3-4-11)9-14-12(13)5-7-19-14/h2,5,7-9,11H,1,3-4,6H2,(H,16,17). The van der Waals surface area contributed by atoms with Gasteiger partial charge in [-0.2, -0.15) is 0 Å². The molecular weight excluding hydrogens is 242 g/mol. The van der Waals surface area contributed by atoms with E-state index in [4.69, 9.17) is 9.15 Å². The fourth-order valence-corrected chi connectivity index (χ4v) is 1.93. The number of hydrogen-bond acceptors (Lipinski definition) is 3. The summed E-state index contributed by atoms with van der Waals surface area (Å²) in [5, 5.41) is 3.82. The summed E-state index contributed by atoms with van der Waals surface area (Å²) >= 11 is 0. The Labute approximate surface area is 111 Å². The van der Waals surface area contributed by atoms with Gasteiger partial charge in [0.2, 0.25) is 0 Å². The van der Waals surface area contributed by atoms with E-state index in [9.17, 15) is 4.79 Å². The summed E-state index contributed by atoms with van der Waals surface area (Å²) in [5.41, 5.74) is 1.22. The van der Waals surface area contributed by atoms with Crippen LogP contribution in [0, 0.1) is 0 Å². The molecule has 19 heavy (non-hydrogen) atoms. The minimum atomic E-state index is -0.0794. The average molecular weight is 257 g/mol. The van der Waals surface area contributed by atoms with E-state index in [1.165, 1.54) is 0 Å². The van der Waals surface area contributed by atoms with E-state index in [0.29, 0.717) is 29.5 Å². The van der Waals surface area contributed by atoms with E-state index >= 15 is 0 Å². The monoisotopic (exact) mass is 257 g/mol. The molecule has 1 saturated carbocycles.